The van der Waals surface area contributed by atoms with Crippen LogP contribution in [-0.2, 0) is 0 Å². The number of hydrogen-bond acceptors (Lipinski definition) is 3. The summed E-state index contributed by atoms with van der Waals surface area (Å²) in [6, 6.07) is 1.56. The van der Waals surface area contributed by atoms with Crippen molar-refractivity contribution in [2.45, 2.75) is 49.4 Å². The maximum absolute atomic E-state index is 3.79. The van der Waals surface area contributed by atoms with Crippen LogP contribution in [0.1, 0.15) is 32.1 Å². The first-order valence-corrected chi connectivity index (χ1v) is 7.17. The fraction of sp³-hybridized carbons (Fsp3) is 1.00. The van der Waals surface area contributed by atoms with Gasteiger partial charge in [0.05, 0.1) is 0 Å². The summed E-state index contributed by atoms with van der Waals surface area (Å²) < 4.78 is 0. The van der Waals surface area contributed by atoms with Crippen molar-refractivity contribution in [2.75, 3.05) is 19.3 Å². The van der Waals surface area contributed by atoms with E-state index in [-0.39, 0.29) is 0 Å². The quantitative estimate of drug-likeness (QED) is 0.746. The molecule has 1 atom stereocenters. The van der Waals surface area contributed by atoms with Gasteiger partial charge in [0.2, 0.25) is 0 Å². The lowest BCUT2D eigenvalue weighted by Crippen LogP contribution is -2.41. The molecule has 0 amide bonds. The highest BCUT2D eigenvalue weighted by Gasteiger charge is 2.23. The maximum atomic E-state index is 3.79. The van der Waals surface area contributed by atoms with Crippen molar-refractivity contribution < 1.29 is 0 Å². The number of hydrogen-bond donors (Lipinski definition) is 2. The monoisotopic (exact) mass is 214 g/mol. The van der Waals surface area contributed by atoms with E-state index in [0.29, 0.717) is 0 Å². The predicted octanol–water partition coefficient (Wildman–Crippen LogP) is 1.61. The average Bonchev–Trinajstić information content (AvgIpc) is 2.72. The highest BCUT2D eigenvalue weighted by molar-refractivity contribution is 7.99. The van der Waals surface area contributed by atoms with E-state index in [1.54, 1.807) is 0 Å². The fourth-order valence-corrected chi connectivity index (χ4v) is 3.34. The molecule has 2 fully saturated rings. The van der Waals surface area contributed by atoms with Crippen LogP contribution >= 0.6 is 11.8 Å². The molecule has 0 aromatic carbocycles. The largest absolute Gasteiger partial charge is 0.315 e. The van der Waals surface area contributed by atoms with Gasteiger partial charge in [0.15, 0.2) is 0 Å². The van der Waals surface area contributed by atoms with Gasteiger partial charge in [-0.05, 0) is 44.9 Å². The molecular weight excluding hydrogens is 192 g/mol. The molecule has 82 valence electrons. The summed E-state index contributed by atoms with van der Waals surface area (Å²) in [6.07, 6.45) is 9.18. The first-order valence-electron chi connectivity index (χ1n) is 5.88. The van der Waals surface area contributed by atoms with Gasteiger partial charge in [-0.2, -0.15) is 11.8 Å². The number of thioether (sulfide) groups is 1. The second kappa shape index (κ2) is 5.38. The zero-order chi connectivity index (χ0) is 9.80. The number of nitrogens with one attached hydrogen (secondary N) is 2. The molecule has 0 bridgehead atoms. The molecule has 3 heteroatoms. The molecule has 0 aromatic heterocycles. The Kier molecular flexibility index (Phi) is 4.14. The van der Waals surface area contributed by atoms with Crippen LogP contribution in [0.25, 0.3) is 0 Å². The van der Waals surface area contributed by atoms with E-state index in [1.165, 1.54) is 45.2 Å². The molecule has 1 saturated carbocycles. The SMILES string of the molecule is CSC1CCC(NC2CCNC2)CC1. The van der Waals surface area contributed by atoms with E-state index in [1.807, 2.05) is 0 Å². The Bertz CT molecular complexity index is 161. The second-order valence-corrected chi connectivity index (χ2v) is 5.70. The van der Waals surface area contributed by atoms with Gasteiger partial charge in [0.25, 0.3) is 0 Å². The van der Waals surface area contributed by atoms with Gasteiger partial charge in [0, 0.05) is 23.9 Å². The molecule has 1 heterocycles. The highest BCUT2D eigenvalue weighted by Crippen LogP contribution is 2.27. The molecule has 2 N–H and O–H groups in total. The predicted molar refractivity (Wildman–Crippen MR) is 64.0 cm³/mol. The van der Waals surface area contributed by atoms with Crippen molar-refractivity contribution in [1.29, 1.82) is 0 Å². The molecule has 0 aromatic rings. The van der Waals surface area contributed by atoms with Crippen LogP contribution in [0.4, 0.5) is 0 Å². The van der Waals surface area contributed by atoms with Crippen LogP contribution in [0.2, 0.25) is 0 Å². The first-order chi connectivity index (χ1) is 6.88. The van der Waals surface area contributed by atoms with Crippen molar-refractivity contribution in [3.8, 4) is 0 Å². The molecule has 2 nitrogen and oxygen atoms in total. The third-order valence-corrected chi connectivity index (χ3v) is 4.68. The zero-order valence-electron chi connectivity index (χ0n) is 9.09. The summed E-state index contributed by atoms with van der Waals surface area (Å²) in [7, 11) is 0. The van der Waals surface area contributed by atoms with Gasteiger partial charge < -0.3 is 10.6 Å². The van der Waals surface area contributed by atoms with Crippen LogP contribution < -0.4 is 10.6 Å². The Balaban J connectivity index is 1.67. The molecule has 14 heavy (non-hydrogen) atoms. The summed E-state index contributed by atoms with van der Waals surface area (Å²) in [6.45, 7) is 2.39. The molecule has 1 aliphatic carbocycles. The summed E-state index contributed by atoms with van der Waals surface area (Å²) in [5, 5.41) is 8.15. The Labute approximate surface area is 91.6 Å². The Morgan fingerprint density at radius 3 is 2.43 bits per heavy atom. The van der Waals surface area contributed by atoms with Gasteiger partial charge in [0.1, 0.15) is 0 Å². The van der Waals surface area contributed by atoms with Crippen molar-refractivity contribution in [1.82, 2.24) is 10.6 Å². The van der Waals surface area contributed by atoms with E-state index >= 15 is 0 Å². The summed E-state index contributed by atoms with van der Waals surface area (Å²) in [4.78, 5) is 0. The third-order valence-electron chi connectivity index (χ3n) is 3.54. The molecule has 1 saturated heterocycles. The van der Waals surface area contributed by atoms with Crippen LogP contribution in [0.15, 0.2) is 0 Å². The lowest BCUT2D eigenvalue weighted by Gasteiger charge is -2.30. The molecule has 1 aliphatic heterocycles. The molecule has 1 unspecified atom stereocenters. The minimum Gasteiger partial charge on any atom is -0.315 e. The smallest absolute Gasteiger partial charge is 0.0207 e. The topological polar surface area (TPSA) is 24.1 Å². The van der Waals surface area contributed by atoms with Crippen LogP contribution in [0, 0.1) is 0 Å². The van der Waals surface area contributed by atoms with Crippen molar-refractivity contribution >= 4 is 11.8 Å². The van der Waals surface area contributed by atoms with E-state index < -0.39 is 0 Å². The lowest BCUT2D eigenvalue weighted by atomic mass is 9.94. The third kappa shape index (κ3) is 2.88. The molecular formula is C11H22N2S. The molecule has 2 aliphatic rings. The van der Waals surface area contributed by atoms with Gasteiger partial charge >= 0.3 is 0 Å². The maximum Gasteiger partial charge on any atom is 0.0207 e. The normalized spacial score (nSPS) is 38.8. The standard InChI is InChI=1S/C11H22N2S/c1-14-11-4-2-9(3-5-11)13-10-6-7-12-8-10/h9-13H,2-8H2,1H3. The van der Waals surface area contributed by atoms with Gasteiger partial charge in [-0.25, -0.2) is 0 Å². The first kappa shape index (κ1) is 10.8. The van der Waals surface area contributed by atoms with E-state index in [2.05, 4.69) is 28.7 Å². The van der Waals surface area contributed by atoms with Gasteiger partial charge in [-0.1, -0.05) is 0 Å². The summed E-state index contributed by atoms with van der Waals surface area (Å²) in [5.41, 5.74) is 0. The Morgan fingerprint density at radius 1 is 1.07 bits per heavy atom. The summed E-state index contributed by atoms with van der Waals surface area (Å²) >= 11 is 2.05. The Hall–Kier alpha value is 0.270. The van der Waals surface area contributed by atoms with Crippen molar-refractivity contribution in [3.05, 3.63) is 0 Å². The molecule has 0 radical (unpaired) electrons. The summed E-state index contributed by atoms with van der Waals surface area (Å²) in [5.74, 6) is 0. The van der Waals surface area contributed by atoms with Gasteiger partial charge in [-0.15, -0.1) is 0 Å². The fourth-order valence-electron chi connectivity index (χ4n) is 2.60. The second-order valence-electron chi connectivity index (χ2n) is 4.57. The van der Waals surface area contributed by atoms with Crippen LogP contribution in [0.3, 0.4) is 0 Å². The molecule has 2 rings (SSSR count). The van der Waals surface area contributed by atoms with Gasteiger partial charge in [-0.3, -0.25) is 0 Å². The Morgan fingerprint density at radius 2 is 1.86 bits per heavy atom. The van der Waals surface area contributed by atoms with E-state index in [4.69, 9.17) is 0 Å². The van der Waals surface area contributed by atoms with Crippen molar-refractivity contribution in [3.63, 3.8) is 0 Å². The number of rotatable bonds is 3. The molecule has 0 spiro atoms. The average molecular weight is 214 g/mol. The van der Waals surface area contributed by atoms with Crippen LogP contribution in [0.5, 0.6) is 0 Å². The van der Waals surface area contributed by atoms with E-state index in [9.17, 15) is 0 Å². The minimum absolute atomic E-state index is 0.755. The lowest BCUT2D eigenvalue weighted by molar-refractivity contribution is 0.348. The highest BCUT2D eigenvalue weighted by atomic mass is 32.2. The van der Waals surface area contributed by atoms with Crippen molar-refractivity contribution in [2.24, 2.45) is 0 Å². The minimum atomic E-state index is 0.755. The van der Waals surface area contributed by atoms with E-state index in [0.717, 1.165) is 17.3 Å². The van der Waals surface area contributed by atoms with Crippen LogP contribution in [-0.4, -0.2) is 36.7 Å². The zero-order valence-corrected chi connectivity index (χ0v) is 9.91.